The maximum absolute atomic E-state index is 13.4. The molecule has 0 bridgehead atoms. The second kappa shape index (κ2) is 11.5. The largest absolute Gasteiger partial charge is 0.505 e. The van der Waals surface area contributed by atoms with Crippen LogP contribution in [0.1, 0.15) is 59.2 Å². The van der Waals surface area contributed by atoms with Crippen LogP contribution in [-0.2, 0) is 10.2 Å². The van der Waals surface area contributed by atoms with Crippen molar-refractivity contribution in [3.63, 3.8) is 0 Å². The van der Waals surface area contributed by atoms with Gasteiger partial charge < -0.3 is 24.6 Å². The topological polar surface area (TPSA) is 170 Å². The molecule has 14 heteroatoms. The molecule has 4 heterocycles. The van der Waals surface area contributed by atoms with Crippen LogP contribution in [0.4, 0.5) is 5.69 Å². The van der Waals surface area contributed by atoms with Crippen LogP contribution in [0.25, 0.3) is 0 Å². The molecule has 13 nitrogen and oxygen atoms in total. The first-order valence-corrected chi connectivity index (χ1v) is 15.1. The van der Waals surface area contributed by atoms with E-state index < -0.39 is 27.6 Å². The number of aromatic hydroxyl groups is 1. The number of anilines is 1. The molecule has 2 aliphatic heterocycles. The van der Waals surface area contributed by atoms with Gasteiger partial charge in [-0.2, -0.15) is 8.42 Å². The average Bonchev–Trinajstić information content (AvgIpc) is 3.52. The van der Waals surface area contributed by atoms with E-state index in [-0.39, 0.29) is 47.7 Å². The number of amides is 2. The van der Waals surface area contributed by atoms with E-state index in [0.29, 0.717) is 30.3 Å². The standard InChI is InChI=1S/C29H33N7O6S/c1-18-11-12-22(42-18)24(29(2,3)4)32-26-25(33-43(40,41)34-26)31-20-10-7-8-19(23(20)37)27(38)35-14-16-36(17-15-35)28(39)21-9-5-6-13-30-21/h5-13,24,37H,14-17H2,1-4H3,(H,31,33)(H,32,34)/t24-/m0/s1. The number of aryl methyl sites for hydroxylation is 1. The first-order chi connectivity index (χ1) is 20.3. The Morgan fingerprint density at radius 2 is 1.72 bits per heavy atom. The van der Waals surface area contributed by atoms with Crippen molar-refractivity contribution in [3.8, 4) is 5.75 Å². The first-order valence-electron chi connectivity index (χ1n) is 13.7. The number of nitrogens with one attached hydrogen (secondary N) is 2. The smallest absolute Gasteiger partial charge is 0.345 e. The number of carbonyl (C=O) groups is 2. The number of carbonyl (C=O) groups excluding carboxylic acids is 2. The summed E-state index contributed by atoms with van der Waals surface area (Å²) in [6.45, 7) is 8.80. The molecular formula is C29H33N7O6S. The maximum Gasteiger partial charge on any atom is 0.345 e. The fraction of sp³-hybridized carbons (Fsp3) is 0.345. The Hall–Kier alpha value is -4.72. The van der Waals surface area contributed by atoms with Gasteiger partial charge in [-0.1, -0.05) is 32.9 Å². The van der Waals surface area contributed by atoms with E-state index in [4.69, 9.17) is 4.42 Å². The highest BCUT2D eigenvalue weighted by atomic mass is 32.2. The lowest BCUT2D eigenvalue weighted by Crippen LogP contribution is -2.50. The van der Waals surface area contributed by atoms with Gasteiger partial charge in [-0.25, -0.2) is 4.72 Å². The Morgan fingerprint density at radius 3 is 2.33 bits per heavy atom. The molecule has 43 heavy (non-hydrogen) atoms. The number of para-hydroxylation sites is 1. The third kappa shape index (κ3) is 6.53. The number of benzene rings is 1. The molecule has 1 atom stereocenters. The molecule has 1 fully saturated rings. The Balaban J connectivity index is 1.34. The number of aliphatic imine (C=N–C) groups is 1. The number of nitrogens with zero attached hydrogens (tertiary/aromatic N) is 5. The molecule has 0 saturated carbocycles. The minimum atomic E-state index is -4.10. The van der Waals surface area contributed by atoms with Crippen LogP contribution in [0.15, 0.2) is 68.5 Å². The normalized spacial score (nSPS) is 18.2. The first kappa shape index (κ1) is 29.8. The molecule has 5 rings (SSSR count). The van der Waals surface area contributed by atoms with E-state index in [1.165, 1.54) is 12.1 Å². The molecule has 0 spiro atoms. The molecular weight excluding hydrogens is 574 g/mol. The number of phenolic OH excluding ortho intramolecular Hbond substituents is 1. The molecule has 3 N–H and O–H groups in total. The number of hydrogen-bond acceptors (Lipinski definition) is 9. The van der Waals surface area contributed by atoms with E-state index in [0.717, 1.165) is 0 Å². The van der Waals surface area contributed by atoms with Crippen molar-refractivity contribution in [1.82, 2.24) is 19.5 Å². The lowest BCUT2D eigenvalue weighted by atomic mass is 9.85. The summed E-state index contributed by atoms with van der Waals surface area (Å²) in [5.41, 5.74) is -0.0275. The van der Waals surface area contributed by atoms with Crippen LogP contribution >= 0.6 is 0 Å². The minimum Gasteiger partial charge on any atom is -0.505 e. The molecule has 2 aliphatic rings. The van der Waals surface area contributed by atoms with Gasteiger partial charge in [0, 0.05) is 32.4 Å². The third-order valence-corrected chi connectivity index (χ3v) is 7.90. The highest BCUT2D eigenvalue weighted by Crippen LogP contribution is 2.37. The Kier molecular flexibility index (Phi) is 7.97. The summed E-state index contributed by atoms with van der Waals surface area (Å²) < 4.78 is 36.8. The predicted molar refractivity (Wildman–Crippen MR) is 160 cm³/mol. The minimum absolute atomic E-state index is 0.0148. The Morgan fingerprint density at radius 1 is 1.02 bits per heavy atom. The number of pyridine rings is 1. The van der Waals surface area contributed by atoms with E-state index in [2.05, 4.69) is 24.4 Å². The molecule has 226 valence electrons. The summed E-state index contributed by atoms with van der Waals surface area (Å²) in [4.78, 5) is 38.0. The van der Waals surface area contributed by atoms with Crippen LogP contribution < -0.4 is 10.0 Å². The van der Waals surface area contributed by atoms with Gasteiger partial charge >= 0.3 is 10.2 Å². The lowest BCUT2D eigenvalue weighted by molar-refractivity contribution is 0.0530. The molecule has 1 saturated heterocycles. The fourth-order valence-electron chi connectivity index (χ4n) is 4.82. The number of amidine groups is 2. The summed E-state index contributed by atoms with van der Waals surface area (Å²) in [7, 11) is -4.10. The maximum atomic E-state index is 13.4. The second-order valence-electron chi connectivity index (χ2n) is 11.3. The van der Waals surface area contributed by atoms with Crippen molar-refractivity contribution in [3.05, 3.63) is 77.5 Å². The predicted octanol–water partition coefficient (Wildman–Crippen LogP) is 3.13. The van der Waals surface area contributed by atoms with Gasteiger partial charge in [0.1, 0.15) is 23.3 Å². The Labute approximate surface area is 249 Å². The van der Waals surface area contributed by atoms with Crippen LogP contribution in [0.3, 0.4) is 0 Å². The van der Waals surface area contributed by atoms with Gasteiger partial charge in [-0.3, -0.25) is 19.6 Å². The number of aromatic nitrogens is 1. The third-order valence-electron chi connectivity index (χ3n) is 7.03. The van der Waals surface area contributed by atoms with Crippen molar-refractivity contribution in [2.45, 2.75) is 33.7 Å². The number of furan rings is 1. The van der Waals surface area contributed by atoms with Crippen molar-refractivity contribution in [2.24, 2.45) is 14.8 Å². The molecule has 2 aromatic heterocycles. The molecule has 1 aromatic carbocycles. The van der Waals surface area contributed by atoms with E-state index >= 15 is 0 Å². The van der Waals surface area contributed by atoms with Gasteiger partial charge in [-0.15, -0.1) is 4.40 Å². The van der Waals surface area contributed by atoms with Crippen molar-refractivity contribution >= 4 is 39.4 Å². The number of hydrogen-bond donors (Lipinski definition) is 3. The fourth-order valence-corrected chi connectivity index (χ4v) is 5.63. The summed E-state index contributed by atoms with van der Waals surface area (Å²) in [5.74, 6) is 0.0325. The van der Waals surface area contributed by atoms with Crippen LogP contribution in [0, 0.1) is 12.3 Å². The summed E-state index contributed by atoms with van der Waals surface area (Å²) >= 11 is 0. The summed E-state index contributed by atoms with van der Waals surface area (Å²) in [6, 6.07) is 12.7. The molecule has 0 radical (unpaired) electrons. The molecule has 3 aromatic rings. The SMILES string of the molecule is Cc1ccc([C@H](N=C2NS(=O)(=O)N=C2Nc2cccc(C(=O)N3CCN(C(=O)c4ccccn4)CC3)c2O)C(C)(C)C)o1. The van der Waals surface area contributed by atoms with Gasteiger partial charge in [0.05, 0.1) is 11.3 Å². The van der Waals surface area contributed by atoms with E-state index in [9.17, 15) is 23.1 Å². The van der Waals surface area contributed by atoms with Crippen molar-refractivity contribution < 1.29 is 27.5 Å². The number of phenols is 1. The number of rotatable bonds is 5. The highest BCUT2D eigenvalue weighted by Gasteiger charge is 2.34. The summed E-state index contributed by atoms with van der Waals surface area (Å²) in [6.07, 6.45) is 1.55. The Bertz CT molecular complexity index is 1700. The lowest BCUT2D eigenvalue weighted by Gasteiger charge is -2.34. The second-order valence-corrected chi connectivity index (χ2v) is 12.7. The monoisotopic (exact) mass is 607 g/mol. The molecule has 2 amide bonds. The zero-order chi connectivity index (χ0) is 30.9. The average molecular weight is 608 g/mol. The zero-order valence-electron chi connectivity index (χ0n) is 24.2. The zero-order valence-corrected chi connectivity index (χ0v) is 25.1. The van der Waals surface area contributed by atoms with Gasteiger partial charge in [0.25, 0.3) is 11.8 Å². The molecule has 0 unspecified atom stereocenters. The van der Waals surface area contributed by atoms with Gasteiger partial charge in [0.15, 0.2) is 17.4 Å². The van der Waals surface area contributed by atoms with Gasteiger partial charge in [-0.05, 0) is 48.7 Å². The quantitative estimate of drug-likeness (QED) is 0.372. The van der Waals surface area contributed by atoms with E-state index in [1.807, 2.05) is 27.7 Å². The van der Waals surface area contributed by atoms with Crippen LogP contribution in [-0.4, -0.2) is 78.0 Å². The van der Waals surface area contributed by atoms with Crippen molar-refractivity contribution in [1.29, 1.82) is 0 Å². The van der Waals surface area contributed by atoms with Crippen LogP contribution in [0.2, 0.25) is 0 Å². The number of piperazine rings is 1. The van der Waals surface area contributed by atoms with Crippen molar-refractivity contribution in [2.75, 3.05) is 31.5 Å². The van der Waals surface area contributed by atoms with E-state index in [1.54, 1.807) is 52.4 Å². The summed E-state index contributed by atoms with van der Waals surface area (Å²) in [5, 5.41) is 13.9. The van der Waals surface area contributed by atoms with Crippen LogP contribution in [0.5, 0.6) is 5.75 Å². The highest BCUT2D eigenvalue weighted by molar-refractivity contribution is 7.89. The van der Waals surface area contributed by atoms with Gasteiger partial charge in [0.2, 0.25) is 0 Å². The molecule has 0 aliphatic carbocycles.